The van der Waals surface area contributed by atoms with Crippen molar-refractivity contribution in [1.29, 1.82) is 0 Å². The molecule has 2 bridgehead atoms. The average Bonchev–Trinajstić information content (AvgIpc) is 3.41. The molecule has 4 atom stereocenters. The Balaban J connectivity index is 1.37. The zero-order valence-electron chi connectivity index (χ0n) is 13.6. The van der Waals surface area contributed by atoms with Crippen molar-refractivity contribution in [2.24, 2.45) is 23.7 Å². The summed E-state index contributed by atoms with van der Waals surface area (Å²) in [5.74, 6) is -0.685. The van der Waals surface area contributed by atoms with E-state index in [4.69, 9.17) is 0 Å². The summed E-state index contributed by atoms with van der Waals surface area (Å²) in [4.78, 5) is 39.1. The van der Waals surface area contributed by atoms with E-state index in [-0.39, 0.29) is 41.4 Å². The normalized spacial score (nSPS) is 28.7. The molecular weight excluding hydrogens is 334 g/mol. The molecule has 5 rings (SSSR count). The average molecular weight is 349 g/mol. The summed E-state index contributed by atoms with van der Waals surface area (Å²) in [6, 6.07) is 6.45. The first kappa shape index (κ1) is 15.0. The van der Waals surface area contributed by atoms with E-state index in [1.54, 1.807) is 24.3 Å². The second-order valence-electron chi connectivity index (χ2n) is 6.87. The van der Waals surface area contributed by atoms with Gasteiger partial charge in [-0.2, -0.15) is 0 Å². The van der Waals surface area contributed by atoms with Crippen molar-refractivity contribution < 1.29 is 14.4 Å². The number of nitrogens with one attached hydrogen (secondary N) is 1. The van der Waals surface area contributed by atoms with Crippen LogP contribution < -0.4 is 10.3 Å². The lowest BCUT2D eigenvalue weighted by Crippen LogP contribution is -2.32. The van der Waals surface area contributed by atoms with Gasteiger partial charge in [0.15, 0.2) is 0 Å². The standard InChI is InChI=1S/C18H15N5O3/c24-16(21-22-8-19-20-9-22)10-3-5-13(6-4-10)23-17(25)14-11-1-2-12(7-11)15(14)18(23)26/h1-6,8-9,11-12,14-15H,7H2,(H,21,24)/t11-,12-,14-,15-/m0/s1. The number of hydrogen-bond acceptors (Lipinski definition) is 5. The maximum absolute atomic E-state index is 12.8. The fraction of sp³-hybridized carbons (Fsp3) is 0.278. The third-order valence-corrected chi connectivity index (χ3v) is 5.51. The van der Waals surface area contributed by atoms with Crippen LogP contribution in [-0.4, -0.2) is 32.6 Å². The van der Waals surface area contributed by atoms with Gasteiger partial charge >= 0.3 is 0 Å². The van der Waals surface area contributed by atoms with Crippen LogP contribution in [0.4, 0.5) is 5.69 Å². The molecule has 1 aromatic heterocycles. The van der Waals surface area contributed by atoms with Crippen LogP contribution in [0.3, 0.4) is 0 Å². The molecule has 2 aliphatic carbocycles. The smallest absolute Gasteiger partial charge is 0.270 e. The van der Waals surface area contributed by atoms with E-state index in [1.165, 1.54) is 22.2 Å². The number of aromatic nitrogens is 3. The van der Waals surface area contributed by atoms with Crippen molar-refractivity contribution in [2.75, 3.05) is 10.3 Å². The van der Waals surface area contributed by atoms with E-state index in [2.05, 4.69) is 27.8 Å². The van der Waals surface area contributed by atoms with Crippen molar-refractivity contribution >= 4 is 23.4 Å². The Bertz CT molecular complexity index is 904. The SMILES string of the molecule is O=C(Nn1cnnc1)c1ccc(N2C(=O)[C@@H]3[C@@H](C2=O)[C@H]2C=C[C@H]3C2)cc1. The first-order valence-corrected chi connectivity index (χ1v) is 8.45. The van der Waals surface area contributed by atoms with Crippen LogP contribution in [-0.2, 0) is 9.59 Å². The van der Waals surface area contributed by atoms with E-state index in [0.717, 1.165) is 6.42 Å². The number of allylic oxidation sites excluding steroid dienone is 2. The van der Waals surface area contributed by atoms with Crippen molar-refractivity contribution in [2.45, 2.75) is 6.42 Å². The summed E-state index contributed by atoms with van der Waals surface area (Å²) in [5, 5.41) is 7.22. The molecule has 1 aliphatic heterocycles. The topological polar surface area (TPSA) is 97.2 Å². The molecule has 26 heavy (non-hydrogen) atoms. The van der Waals surface area contributed by atoms with Gasteiger partial charge in [0.05, 0.1) is 17.5 Å². The third kappa shape index (κ3) is 2.05. The van der Waals surface area contributed by atoms with Gasteiger partial charge in [0.25, 0.3) is 5.91 Å². The molecule has 0 unspecified atom stereocenters. The summed E-state index contributed by atoms with van der Waals surface area (Å²) in [5.41, 5.74) is 3.51. The number of amides is 3. The molecule has 2 fully saturated rings. The lowest BCUT2D eigenvalue weighted by Gasteiger charge is -2.17. The van der Waals surface area contributed by atoms with Gasteiger partial charge in [-0.3, -0.25) is 24.7 Å². The first-order chi connectivity index (χ1) is 12.6. The van der Waals surface area contributed by atoms with Crippen LogP contribution in [0.15, 0.2) is 49.1 Å². The summed E-state index contributed by atoms with van der Waals surface area (Å²) in [6.45, 7) is 0. The maximum Gasteiger partial charge on any atom is 0.270 e. The Morgan fingerprint density at radius 2 is 1.54 bits per heavy atom. The third-order valence-electron chi connectivity index (χ3n) is 5.51. The van der Waals surface area contributed by atoms with Crippen LogP contribution in [0, 0.1) is 23.7 Å². The Kier molecular flexibility index (Phi) is 3.09. The number of rotatable bonds is 3. The van der Waals surface area contributed by atoms with Crippen molar-refractivity contribution in [3.05, 3.63) is 54.6 Å². The molecule has 8 nitrogen and oxygen atoms in total. The highest BCUT2D eigenvalue weighted by Gasteiger charge is 2.59. The summed E-state index contributed by atoms with van der Waals surface area (Å²) >= 11 is 0. The fourth-order valence-electron chi connectivity index (χ4n) is 4.36. The molecule has 0 radical (unpaired) electrons. The number of fused-ring (bicyclic) bond motifs is 5. The molecule has 0 spiro atoms. The van der Waals surface area contributed by atoms with E-state index in [0.29, 0.717) is 11.3 Å². The Labute approximate surface area is 148 Å². The molecule has 2 heterocycles. The van der Waals surface area contributed by atoms with Gasteiger partial charge in [0.2, 0.25) is 11.8 Å². The lowest BCUT2D eigenvalue weighted by molar-refractivity contribution is -0.123. The van der Waals surface area contributed by atoms with E-state index < -0.39 is 0 Å². The highest BCUT2D eigenvalue weighted by molar-refractivity contribution is 6.22. The zero-order valence-corrected chi connectivity index (χ0v) is 13.6. The molecule has 130 valence electrons. The van der Waals surface area contributed by atoms with Crippen LogP contribution in [0.5, 0.6) is 0 Å². The highest BCUT2D eigenvalue weighted by Crippen LogP contribution is 2.53. The molecule has 1 saturated carbocycles. The maximum atomic E-state index is 12.8. The molecule has 1 saturated heterocycles. The largest absolute Gasteiger partial charge is 0.274 e. The molecule has 1 N–H and O–H groups in total. The molecule has 1 aromatic carbocycles. The van der Waals surface area contributed by atoms with Gasteiger partial charge < -0.3 is 0 Å². The van der Waals surface area contributed by atoms with Crippen molar-refractivity contribution in [3.63, 3.8) is 0 Å². The Morgan fingerprint density at radius 1 is 0.962 bits per heavy atom. The summed E-state index contributed by atoms with van der Waals surface area (Å²) < 4.78 is 1.34. The minimum absolute atomic E-state index is 0.126. The number of imide groups is 1. The van der Waals surface area contributed by atoms with Gasteiger partial charge in [0, 0.05) is 5.56 Å². The summed E-state index contributed by atoms with van der Waals surface area (Å²) in [6.07, 6.45) is 7.78. The van der Waals surface area contributed by atoms with Crippen LogP contribution >= 0.6 is 0 Å². The first-order valence-electron chi connectivity index (χ1n) is 8.45. The fourth-order valence-corrected chi connectivity index (χ4v) is 4.36. The second-order valence-corrected chi connectivity index (χ2v) is 6.87. The lowest BCUT2D eigenvalue weighted by atomic mass is 9.85. The predicted octanol–water partition coefficient (Wildman–Crippen LogP) is 0.973. The molecular formula is C18H15N5O3. The number of hydrogen-bond donors (Lipinski definition) is 1. The van der Waals surface area contributed by atoms with Crippen LogP contribution in [0.1, 0.15) is 16.8 Å². The van der Waals surface area contributed by atoms with E-state index >= 15 is 0 Å². The molecule has 3 aliphatic rings. The Hall–Kier alpha value is -3.29. The van der Waals surface area contributed by atoms with Crippen molar-refractivity contribution in [1.82, 2.24) is 14.9 Å². The number of carbonyl (C=O) groups is 3. The van der Waals surface area contributed by atoms with E-state index in [1.807, 2.05) is 0 Å². The van der Waals surface area contributed by atoms with Crippen LogP contribution in [0.2, 0.25) is 0 Å². The van der Waals surface area contributed by atoms with Gasteiger partial charge in [-0.15, -0.1) is 10.2 Å². The van der Waals surface area contributed by atoms with Gasteiger partial charge in [-0.1, -0.05) is 12.2 Å². The quantitative estimate of drug-likeness (QED) is 0.658. The molecule has 3 amide bonds. The van der Waals surface area contributed by atoms with Crippen LogP contribution in [0.25, 0.3) is 0 Å². The number of carbonyl (C=O) groups excluding carboxylic acids is 3. The summed E-state index contributed by atoms with van der Waals surface area (Å²) in [7, 11) is 0. The zero-order chi connectivity index (χ0) is 17.8. The number of benzene rings is 1. The Morgan fingerprint density at radius 3 is 2.12 bits per heavy atom. The van der Waals surface area contributed by atoms with Gasteiger partial charge in [0.1, 0.15) is 12.7 Å². The monoisotopic (exact) mass is 349 g/mol. The number of nitrogens with zero attached hydrogens (tertiary/aromatic N) is 4. The van der Waals surface area contributed by atoms with Crippen molar-refractivity contribution in [3.8, 4) is 0 Å². The number of anilines is 1. The second kappa shape index (κ2) is 5.35. The predicted molar refractivity (Wildman–Crippen MR) is 90.4 cm³/mol. The molecule has 2 aromatic rings. The minimum Gasteiger partial charge on any atom is -0.274 e. The molecule has 8 heteroatoms. The minimum atomic E-state index is -0.338. The highest BCUT2D eigenvalue weighted by atomic mass is 16.2. The van der Waals surface area contributed by atoms with Gasteiger partial charge in [-0.05, 0) is 42.5 Å². The van der Waals surface area contributed by atoms with Gasteiger partial charge in [-0.25, -0.2) is 4.68 Å². The van der Waals surface area contributed by atoms with E-state index in [9.17, 15) is 14.4 Å².